The highest BCUT2D eigenvalue weighted by atomic mass is 32.1. The van der Waals surface area contributed by atoms with Crippen molar-refractivity contribution in [1.82, 2.24) is 4.57 Å². The van der Waals surface area contributed by atoms with Gasteiger partial charge >= 0.3 is 5.97 Å². The number of thiazole rings is 1. The molecule has 0 bridgehead atoms. The van der Waals surface area contributed by atoms with E-state index in [9.17, 15) is 14.7 Å². The fourth-order valence-corrected chi connectivity index (χ4v) is 5.91. The Labute approximate surface area is 258 Å². The standard InChI is InChI=1S/C34H32N2O7S/c1-5-16-42-33(39)30-21(3)35-34-36(32(38)29(44-34)18-23-12-14-25(37)27(17-23)41-6-2)31(30)24-13-15-26(28(19-24)40-4)43-20-22-10-8-7-9-11-22/h5,7-15,17-19,31,37H,1,6,16,20H2,2-4H3/b29-18-. The maximum Gasteiger partial charge on any atom is 0.338 e. The Morgan fingerprint density at radius 1 is 1.07 bits per heavy atom. The Morgan fingerprint density at radius 3 is 2.59 bits per heavy atom. The van der Waals surface area contributed by atoms with Gasteiger partial charge in [0.05, 0.1) is 35.6 Å². The van der Waals surface area contributed by atoms with Crippen LogP contribution in [0.15, 0.2) is 100 Å². The number of ether oxygens (including phenoxy) is 4. The molecule has 1 aliphatic rings. The van der Waals surface area contributed by atoms with E-state index in [4.69, 9.17) is 18.9 Å². The number of methoxy groups -OCH3 is 1. The van der Waals surface area contributed by atoms with Gasteiger partial charge in [-0.2, -0.15) is 0 Å². The van der Waals surface area contributed by atoms with Crippen molar-refractivity contribution in [1.29, 1.82) is 0 Å². The molecule has 2 heterocycles. The average Bonchev–Trinajstić information content (AvgIpc) is 3.33. The number of allylic oxidation sites excluding steroid dienone is 1. The predicted molar refractivity (Wildman–Crippen MR) is 168 cm³/mol. The van der Waals surface area contributed by atoms with E-state index in [-0.39, 0.29) is 23.5 Å². The molecule has 0 radical (unpaired) electrons. The third kappa shape index (κ3) is 6.30. The molecule has 44 heavy (non-hydrogen) atoms. The lowest BCUT2D eigenvalue weighted by Crippen LogP contribution is -2.40. The summed E-state index contributed by atoms with van der Waals surface area (Å²) < 4.78 is 24.6. The molecule has 0 spiro atoms. The predicted octanol–water partition coefficient (Wildman–Crippen LogP) is 4.66. The van der Waals surface area contributed by atoms with Gasteiger partial charge in [0.25, 0.3) is 5.56 Å². The van der Waals surface area contributed by atoms with Crippen LogP contribution in [-0.2, 0) is 16.1 Å². The number of carbonyl (C=O) groups is 1. The third-order valence-corrected chi connectivity index (χ3v) is 7.88. The first kappa shape index (κ1) is 30.4. The fourth-order valence-electron chi connectivity index (χ4n) is 4.86. The van der Waals surface area contributed by atoms with E-state index >= 15 is 0 Å². The largest absolute Gasteiger partial charge is 0.504 e. The van der Waals surface area contributed by atoms with Gasteiger partial charge in [0.1, 0.15) is 13.2 Å². The Hall–Kier alpha value is -5.09. The summed E-state index contributed by atoms with van der Waals surface area (Å²) >= 11 is 1.20. The van der Waals surface area contributed by atoms with Crippen LogP contribution >= 0.6 is 11.3 Å². The maximum absolute atomic E-state index is 14.0. The summed E-state index contributed by atoms with van der Waals surface area (Å²) in [5.41, 5.74) is 2.60. The molecule has 3 aromatic carbocycles. The summed E-state index contributed by atoms with van der Waals surface area (Å²) in [7, 11) is 1.54. The van der Waals surface area contributed by atoms with Gasteiger partial charge in [-0.05, 0) is 60.9 Å². The quantitative estimate of drug-likeness (QED) is 0.194. The molecule has 0 amide bonds. The molecule has 0 aliphatic carbocycles. The summed E-state index contributed by atoms with van der Waals surface area (Å²) in [6.07, 6.45) is 3.19. The normalized spacial score (nSPS) is 14.4. The van der Waals surface area contributed by atoms with Gasteiger partial charge in [-0.3, -0.25) is 9.36 Å². The number of aromatic nitrogens is 1. The van der Waals surface area contributed by atoms with Crippen LogP contribution in [-0.4, -0.2) is 36.0 Å². The first-order valence-electron chi connectivity index (χ1n) is 14.0. The van der Waals surface area contributed by atoms with Crippen molar-refractivity contribution in [3.05, 3.63) is 127 Å². The molecule has 4 aromatic rings. The molecule has 0 saturated heterocycles. The van der Waals surface area contributed by atoms with Crippen LogP contribution < -0.4 is 29.1 Å². The van der Waals surface area contributed by atoms with Gasteiger partial charge in [0.15, 0.2) is 27.8 Å². The van der Waals surface area contributed by atoms with E-state index in [1.807, 2.05) is 37.3 Å². The zero-order valence-corrected chi connectivity index (χ0v) is 25.4. The van der Waals surface area contributed by atoms with Crippen molar-refractivity contribution >= 4 is 23.4 Å². The molecule has 0 saturated carbocycles. The highest BCUT2D eigenvalue weighted by molar-refractivity contribution is 7.07. The Morgan fingerprint density at radius 2 is 1.86 bits per heavy atom. The highest BCUT2D eigenvalue weighted by Crippen LogP contribution is 2.36. The molecule has 226 valence electrons. The molecule has 0 fully saturated rings. The van der Waals surface area contributed by atoms with Crippen LogP contribution in [0.4, 0.5) is 0 Å². The van der Waals surface area contributed by atoms with E-state index < -0.39 is 12.0 Å². The molecule has 1 aromatic heterocycles. The zero-order valence-electron chi connectivity index (χ0n) is 24.6. The number of carbonyl (C=O) groups excluding carboxylic acids is 1. The van der Waals surface area contributed by atoms with Gasteiger partial charge in [-0.15, -0.1) is 0 Å². The lowest BCUT2D eigenvalue weighted by atomic mass is 9.95. The lowest BCUT2D eigenvalue weighted by molar-refractivity contribution is -0.138. The van der Waals surface area contributed by atoms with Crippen molar-refractivity contribution in [3.63, 3.8) is 0 Å². The summed E-state index contributed by atoms with van der Waals surface area (Å²) in [5.74, 6) is 0.683. The van der Waals surface area contributed by atoms with Crippen LogP contribution in [0.1, 0.15) is 36.6 Å². The molecule has 1 aliphatic heterocycles. The molecule has 5 rings (SSSR count). The summed E-state index contributed by atoms with van der Waals surface area (Å²) in [6.45, 7) is 7.90. The first-order valence-corrected chi connectivity index (χ1v) is 14.8. The van der Waals surface area contributed by atoms with E-state index in [0.29, 0.717) is 56.6 Å². The Bertz CT molecular complexity index is 1910. The number of phenolic OH excluding ortho intramolecular Hbond substituents is 1. The molecule has 1 atom stereocenters. The Balaban J connectivity index is 1.61. The molecular weight excluding hydrogens is 580 g/mol. The van der Waals surface area contributed by atoms with E-state index in [1.54, 1.807) is 43.3 Å². The second kappa shape index (κ2) is 13.5. The number of hydrogen-bond acceptors (Lipinski definition) is 9. The number of benzene rings is 3. The van der Waals surface area contributed by atoms with Gasteiger partial charge < -0.3 is 24.1 Å². The number of aromatic hydroxyl groups is 1. The number of fused-ring (bicyclic) bond motifs is 1. The minimum absolute atomic E-state index is 0.00531. The van der Waals surface area contributed by atoms with Gasteiger partial charge in [0.2, 0.25) is 0 Å². The van der Waals surface area contributed by atoms with Crippen molar-refractivity contribution in [3.8, 4) is 23.0 Å². The van der Waals surface area contributed by atoms with E-state index in [1.165, 1.54) is 35.2 Å². The summed E-state index contributed by atoms with van der Waals surface area (Å²) in [5, 5.41) is 10.1. The van der Waals surface area contributed by atoms with Crippen LogP contribution in [0.5, 0.6) is 23.0 Å². The maximum atomic E-state index is 14.0. The van der Waals surface area contributed by atoms with Crippen LogP contribution in [0.2, 0.25) is 0 Å². The van der Waals surface area contributed by atoms with Crippen LogP contribution in [0.3, 0.4) is 0 Å². The van der Waals surface area contributed by atoms with Crippen molar-refractivity contribution in [2.45, 2.75) is 26.5 Å². The van der Waals surface area contributed by atoms with Gasteiger partial charge in [-0.25, -0.2) is 9.79 Å². The second-order valence-electron chi connectivity index (χ2n) is 9.81. The molecule has 1 N–H and O–H groups in total. The van der Waals surface area contributed by atoms with Crippen LogP contribution in [0, 0.1) is 0 Å². The number of rotatable bonds is 11. The molecule has 1 unspecified atom stereocenters. The van der Waals surface area contributed by atoms with Crippen LogP contribution in [0.25, 0.3) is 6.08 Å². The monoisotopic (exact) mass is 612 g/mol. The first-order chi connectivity index (χ1) is 21.3. The number of hydrogen-bond donors (Lipinski definition) is 1. The van der Waals surface area contributed by atoms with E-state index in [0.717, 1.165) is 5.56 Å². The zero-order chi connectivity index (χ0) is 31.2. The molecule has 9 nitrogen and oxygen atoms in total. The SMILES string of the molecule is C=CCOC(=O)C1=C(C)N=c2s/c(=C\c3ccc(O)c(OCC)c3)c(=O)n2C1c1ccc(OCc2ccccc2)c(OC)c1. The minimum atomic E-state index is -0.846. The minimum Gasteiger partial charge on any atom is -0.504 e. The lowest BCUT2D eigenvalue weighted by Gasteiger charge is -2.25. The van der Waals surface area contributed by atoms with Crippen molar-refractivity contribution < 1.29 is 28.8 Å². The highest BCUT2D eigenvalue weighted by Gasteiger charge is 2.34. The fraction of sp³-hybridized carbons (Fsp3) is 0.206. The van der Waals surface area contributed by atoms with Crippen molar-refractivity contribution in [2.24, 2.45) is 4.99 Å². The number of nitrogens with zero attached hydrogens (tertiary/aromatic N) is 2. The third-order valence-electron chi connectivity index (χ3n) is 6.90. The Kier molecular flexibility index (Phi) is 9.30. The average molecular weight is 613 g/mol. The van der Waals surface area contributed by atoms with Gasteiger partial charge in [-0.1, -0.05) is 66.5 Å². The smallest absolute Gasteiger partial charge is 0.338 e. The van der Waals surface area contributed by atoms with E-state index in [2.05, 4.69) is 11.6 Å². The second-order valence-corrected chi connectivity index (χ2v) is 10.8. The molecular formula is C34H32N2O7S. The topological polar surface area (TPSA) is 109 Å². The number of esters is 1. The summed E-state index contributed by atoms with van der Waals surface area (Å²) in [4.78, 5) is 32.4. The molecule has 10 heteroatoms. The van der Waals surface area contributed by atoms with Crippen molar-refractivity contribution in [2.75, 3.05) is 20.3 Å². The van der Waals surface area contributed by atoms with Gasteiger partial charge in [0, 0.05) is 0 Å². The summed E-state index contributed by atoms with van der Waals surface area (Å²) in [6, 6.07) is 19.1. The number of phenols is 1.